The maximum absolute atomic E-state index is 12.0. The summed E-state index contributed by atoms with van der Waals surface area (Å²) in [5.74, 6) is -0.918. The van der Waals surface area contributed by atoms with Crippen LogP contribution in [0.2, 0.25) is 0 Å². The minimum absolute atomic E-state index is 0.145. The zero-order valence-electron chi connectivity index (χ0n) is 15.7. The van der Waals surface area contributed by atoms with E-state index in [0.29, 0.717) is 23.8 Å². The van der Waals surface area contributed by atoms with Gasteiger partial charge in [0.1, 0.15) is 0 Å². The van der Waals surface area contributed by atoms with E-state index in [1.807, 2.05) is 12.1 Å². The van der Waals surface area contributed by atoms with Crippen molar-refractivity contribution >= 4 is 23.4 Å². The molecule has 2 N–H and O–H groups in total. The van der Waals surface area contributed by atoms with Crippen molar-refractivity contribution in [2.24, 2.45) is 11.1 Å². The largest absolute Gasteiger partial charge is 0.371 e. The van der Waals surface area contributed by atoms with E-state index in [9.17, 15) is 14.4 Å². The summed E-state index contributed by atoms with van der Waals surface area (Å²) in [4.78, 5) is 39.4. The normalized spacial score (nSPS) is 21.2. The van der Waals surface area contributed by atoms with Crippen LogP contribution in [0.1, 0.15) is 61.4 Å². The average Bonchev–Trinajstić information content (AvgIpc) is 2.58. The number of carbonyl (C=O) groups excluding carboxylic acids is 3. The summed E-state index contributed by atoms with van der Waals surface area (Å²) >= 11 is 0. The second kappa shape index (κ2) is 6.74. The van der Waals surface area contributed by atoms with Gasteiger partial charge < -0.3 is 10.6 Å². The second-order valence-corrected chi connectivity index (χ2v) is 8.24. The lowest BCUT2D eigenvalue weighted by atomic mass is 9.82. The quantitative estimate of drug-likeness (QED) is 0.841. The number of likely N-dealkylation sites (tertiary alicyclic amines) is 1. The molecule has 26 heavy (non-hydrogen) atoms. The number of rotatable bonds is 3. The number of carbonyl (C=O) groups is 3. The zero-order valence-corrected chi connectivity index (χ0v) is 15.7. The molecule has 6 nitrogen and oxygen atoms in total. The number of piperidine rings is 2. The third-order valence-corrected chi connectivity index (χ3v) is 5.81. The number of nitrogens with two attached hydrogens (primary N) is 1. The Hall–Kier alpha value is -2.37. The minimum atomic E-state index is -0.452. The topological polar surface area (TPSA) is 83.7 Å². The van der Waals surface area contributed by atoms with Crippen LogP contribution in [-0.4, -0.2) is 42.8 Å². The maximum atomic E-state index is 12.0. The van der Waals surface area contributed by atoms with Gasteiger partial charge in [-0.15, -0.1) is 0 Å². The summed E-state index contributed by atoms with van der Waals surface area (Å²) in [6, 6.07) is 5.52. The van der Waals surface area contributed by atoms with E-state index in [4.69, 9.17) is 5.73 Å². The fraction of sp³-hybridized carbons (Fsp3) is 0.550. The SMILES string of the molecule is CN1C(=O)CC(c2ccc(C(N)=O)c(N3CCC(C)(C)CC3)c2)CC1=O. The summed E-state index contributed by atoms with van der Waals surface area (Å²) in [6.45, 7) is 6.24. The zero-order chi connectivity index (χ0) is 19.1. The fourth-order valence-electron chi connectivity index (χ4n) is 3.77. The molecule has 0 unspecified atom stereocenters. The van der Waals surface area contributed by atoms with Gasteiger partial charge >= 0.3 is 0 Å². The molecule has 2 fully saturated rings. The molecule has 2 aliphatic rings. The number of primary amides is 1. The van der Waals surface area contributed by atoms with Gasteiger partial charge in [0.2, 0.25) is 11.8 Å². The number of hydrogen-bond acceptors (Lipinski definition) is 4. The van der Waals surface area contributed by atoms with Crippen LogP contribution < -0.4 is 10.6 Å². The van der Waals surface area contributed by atoms with Crippen molar-refractivity contribution < 1.29 is 14.4 Å². The Morgan fingerprint density at radius 3 is 2.23 bits per heavy atom. The molecule has 0 aliphatic carbocycles. The highest BCUT2D eigenvalue weighted by Gasteiger charge is 2.32. The third kappa shape index (κ3) is 3.59. The van der Waals surface area contributed by atoms with Crippen LogP contribution in [0.25, 0.3) is 0 Å². The van der Waals surface area contributed by atoms with Crippen molar-refractivity contribution in [3.63, 3.8) is 0 Å². The number of benzene rings is 1. The van der Waals surface area contributed by atoms with E-state index in [-0.39, 0.29) is 17.7 Å². The lowest BCUT2D eigenvalue weighted by Crippen LogP contribution is -2.40. The first-order valence-corrected chi connectivity index (χ1v) is 9.16. The van der Waals surface area contributed by atoms with Gasteiger partial charge in [-0.25, -0.2) is 0 Å². The molecule has 0 radical (unpaired) electrons. The van der Waals surface area contributed by atoms with E-state index in [0.717, 1.165) is 37.2 Å². The highest BCUT2D eigenvalue weighted by molar-refractivity contribution is 6.00. The van der Waals surface area contributed by atoms with Gasteiger partial charge in [0.05, 0.1) is 5.56 Å². The van der Waals surface area contributed by atoms with Gasteiger partial charge in [-0.05, 0) is 36.0 Å². The first kappa shape index (κ1) is 18.4. The molecule has 0 atom stereocenters. The number of amides is 3. The van der Waals surface area contributed by atoms with Gasteiger partial charge in [0.15, 0.2) is 0 Å². The summed E-state index contributed by atoms with van der Waals surface area (Å²) in [5.41, 5.74) is 8.13. The summed E-state index contributed by atoms with van der Waals surface area (Å²) in [7, 11) is 1.53. The standard InChI is InChI=1S/C20H27N3O3/c1-20(2)6-8-23(9-7-20)16-10-13(4-5-15(16)19(21)26)14-11-17(24)22(3)18(25)12-14/h4-5,10,14H,6-9,11-12H2,1-3H3,(H2,21,26). The Balaban J connectivity index is 1.91. The van der Waals surface area contributed by atoms with Crippen LogP contribution in [0, 0.1) is 5.41 Å². The van der Waals surface area contributed by atoms with Crippen molar-refractivity contribution in [3.05, 3.63) is 29.3 Å². The van der Waals surface area contributed by atoms with Crippen LogP contribution in [0.4, 0.5) is 5.69 Å². The van der Waals surface area contributed by atoms with Gasteiger partial charge in [-0.2, -0.15) is 0 Å². The Bertz CT molecular complexity index is 729. The third-order valence-electron chi connectivity index (χ3n) is 5.81. The van der Waals surface area contributed by atoms with Crippen molar-refractivity contribution in [1.82, 2.24) is 4.90 Å². The average molecular weight is 357 g/mol. The van der Waals surface area contributed by atoms with Crippen molar-refractivity contribution in [2.45, 2.75) is 45.4 Å². The van der Waals surface area contributed by atoms with Gasteiger partial charge in [0.25, 0.3) is 5.91 Å². The number of hydrogen-bond donors (Lipinski definition) is 1. The van der Waals surface area contributed by atoms with E-state index in [2.05, 4.69) is 18.7 Å². The second-order valence-electron chi connectivity index (χ2n) is 8.24. The van der Waals surface area contributed by atoms with Crippen LogP contribution in [0.15, 0.2) is 18.2 Å². The smallest absolute Gasteiger partial charge is 0.250 e. The molecule has 140 valence electrons. The molecule has 2 saturated heterocycles. The van der Waals surface area contributed by atoms with Gasteiger partial charge in [0, 0.05) is 44.6 Å². The summed E-state index contributed by atoms with van der Waals surface area (Å²) < 4.78 is 0. The summed E-state index contributed by atoms with van der Waals surface area (Å²) in [6.07, 6.45) is 2.70. The first-order chi connectivity index (χ1) is 12.2. The molecule has 1 aromatic rings. The van der Waals surface area contributed by atoms with Gasteiger partial charge in [-0.1, -0.05) is 19.9 Å². The predicted octanol–water partition coefficient (Wildman–Crippen LogP) is 2.27. The van der Waals surface area contributed by atoms with Crippen LogP contribution in [0.3, 0.4) is 0 Å². The van der Waals surface area contributed by atoms with E-state index < -0.39 is 5.91 Å². The van der Waals surface area contributed by atoms with E-state index in [1.54, 1.807) is 6.07 Å². The predicted molar refractivity (Wildman–Crippen MR) is 99.9 cm³/mol. The van der Waals surface area contributed by atoms with Crippen LogP contribution >= 0.6 is 0 Å². The van der Waals surface area contributed by atoms with E-state index in [1.165, 1.54) is 11.9 Å². The van der Waals surface area contributed by atoms with Crippen LogP contribution in [-0.2, 0) is 9.59 Å². The van der Waals surface area contributed by atoms with Crippen LogP contribution in [0.5, 0.6) is 0 Å². The Kier molecular flexibility index (Phi) is 4.78. The molecule has 6 heteroatoms. The molecule has 0 bridgehead atoms. The lowest BCUT2D eigenvalue weighted by molar-refractivity contribution is -0.146. The Labute approximate surface area is 154 Å². The highest BCUT2D eigenvalue weighted by Crippen LogP contribution is 2.36. The van der Waals surface area contributed by atoms with Crippen molar-refractivity contribution in [3.8, 4) is 0 Å². The molecule has 0 spiro atoms. The molecule has 0 saturated carbocycles. The molecule has 2 heterocycles. The maximum Gasteiger partial charge on any atom is 0.250 e. The Morgan fingerprint density at radius 1 is 1.12 bits per heavy atom. The molecular formula is C20H27N3O3. The molecule has 2 aliphatic heterocycles. The molecular weight excluding hydrogens is 330 g/mol. The highest BCUT2D eigenvalue weighted by atomic mass is 16.2. The Morgan fingerprint density at radius 2 is 1.69 bits per heavy atom. The summed E-state index contributed by atoms with van der Waals surface area (Å²) in [5, 5.41) is 0. The number of anilines is 1. The monoisotopic (exact) mass is 357 g/mol. The van der Waals surface area contributed by atoms with Crippen molar-refractivity contribution in [2.75, 3.05) is 25.0 Å². The molecule has 3 amide bonds. The molecule has 0 aromatic heterocycles. The minimum Gasteiger partial charge on any atom is -0.371 e. The lowest BCUT2D eigenvalue weighted by Gasteiger charge is -2.39. The fourth-order valence-corrected chi connectivity index (χ4v) is 3.77. The molecule has 3 rings (SSSR count). The van der Waals surface area contributed by atoms with Gasteiger partial charge in [-0.3, -0.25) is 19.3 Å². The first-order valence-electron chi connectivity index (χ1n) is 9.16. The van der Waals surface area contributed by atoms with Crippen molar-refractivity contribution in [1.29, 1.82) is 0 Å². The number of imide groups is 1. The molecule has 1 aromatic carbocycles. The number of nitrogens with zero attached hydrogens (tertiary/aromatic N) is 2. The van der Waals surface area contributed by atoms with E-state index >= 15 is 0 Å².